The monoisotopic (exact) mass is 533 g/mol. The van der Waals surface area contributed by atoms with E-state index < -0.39 is 17.6 Å². The Bertz CT molecular complexity index is 1620. The quantitative estimate of drug-likeness (QED) is 0.229. The van der Waals surface area contributed by atoms with Crippen LogP contribution in [0.15, 0.2) is 79.0 Å². The number of carboxylic acids is 1. The van der Waals surface area contributed by atoms with Gasteiger partial charge in [-0.2, -0.15) is 0 Å². The van der Waals surface area contributed by atoms with Crippen LogP contribution in [0.25, 0.3) is 22.4 Å². The molecule has 1 N–H and O–H groups in total. The molecule has 0 aliphatic rings. The first-order valence-corrected chi connectivity index (χ1v) is 12.2. The summed E-state index contributed by atoms with van der Waals surface area (Å²) in [6, 6.07) is 20.5. The third kappa shape index (κ3) is 5.50. The Morgan fingerprint density at radius 1 is 0.974 bits per heavy atom. The van der Waals surface area contributed by atoms with Crippen molar-refractivity contribution >= 4 is 28.6 Å². The van der Waals surface area contributed by atoms with E-state index in [-0.39, 0.29) is 18.5 Å². The second kappa shape index (κ2) is 11.0. The second-order valence-corrected chi connectivity index (χ2v) is 9.13. The SMILES string of the molecule is O=C(O)CCc1ccc(Cn2c(-c3cccnc3OCc3ccccc3Cl)nc3cc(F)c(F)cc32)cc1. The zero-order chi connectivity index (χ0) is 26.6. The van der Waals surface area contributed by atoms with E-state index in [9.17, 15) is 13.6 Å². The van der Waals surface area contributed by atoms with Gasteiger partial charge >= 0.3 is 5.97 Å². The maximum absolute atomic E-state index is 14.3. The van der Waals surface area contributed by atoms with Crippen LogP contribution in [0.3, 0.4) is 0 Å². The largest absolute Gasteiger partial charge is 0.481 e. The summed E-state index contributed by atoms with van der Waals surface area (Å²) in [7, 11) is 0. The van der Waals surface area contributed by atoms with E-state index in [0.29, 0.717) is 40.8 Å². The summed E-state index contributed by atoms with van der Waals surface area (Å²) >= 11 is 6.28. The van der Waals surface area contributed by atoms with Crippen molar-refractivity contribution in [3.8, 4) is 17.3 Å². The number of benzene rings is 3. The molecule has 2 aromatic heterocycles. The Labute approximate surface area is 222 Å². The van der Waals surface area contributed by atoms with Crippen LogP contribution in [-0.4, -0.2) is 25.6 Å². The average Bonchev–Trinajstić information content (AvgIpc) is 3.24. The van der Waals surface area contributed by atoms with Gasteiger partial charge in [0.25, 0.3) is 0 Å². The normalized spacial score (nSPS) is 11.1. The van der Waals surface area contributed by atoms with Crippen LogP contribution in [0.1, 0.15) is 23.1 Å². The van der Waals surface area contributed by atoms with Crippen molar-refractivity contribution in [1.29, 1.82) is 0 Å². The summed E-state index contributed by atoms with van der Waals surface area (Å²) < 4.78 is 36.2. The van der Waals surface area contributed by atoms with Crippen LogP contribution >= 0.6 is 11.6 Å². The molecule has 0 spiro atoms. The lowest BCUT2D eigenvalue weighted by molar-refractivity contribution is -0.136. The van der Waals surface area contributed by atoms with Gasteiger partial charge in [0.1, 0.15) is 12.4 Å². The van der Waals surface area contributed by atoms with Gasteiger partial charge in [0.15, 0.2) is 11.6 Å². The first kappa shape index (κ1) is 25.4. The first-order valence-electron chi connectivity index (χ1n) is 11.9. The number of fused-ring (bicyclic) bond motifs is 1. The van der Waals surface area contributed by atoms with Gasteiger partial charge in [-0.1, -0.05) is 54.1 Å². The van der Waals surface area contributed by atoms with Gasteiger partial charge < -0.3 is 14.4 Å². The van der Waals surface area contributed by atoms with E-state index >= 15 is 0 Å². The van der Waals surface area contributed by atoms with Crippen molar-refractivity contribution in [2.75, 3.05) is 0 Å². The fourth-order valence-corrected chi connectivity index (χ4v) is 4.36. The lowest BCUT2D eigenvalue weighted by Gasteiger charge is -2.14. The topological polar surface area (TPSA) is 77.2 Å². The smallest absolute Gasteiger partial charge is 0.303 e. The number of aliphatic carboxylic acids is 1. The Balaban J connectivity index is 1.53. The van der Waals surface area contributed by atoms with Crippen molar-refractivity contribution in [3.63, 3.8) is 0 Å². The van der Waals surface area contributed by atoms with Gasteiger partial charge in [0, 0.05) is 41.9 Å². The molecule has 38 heavy (non-hydrogen) atoms. The Morgan fingerprint density at radius 3 is 2.47 bits per heavy atom. The van der Waals surface area contributed by atoms with Gasteiger partial charge in [-0.15, -0.1) is 0 Å². The first-order chi connectivity index (χ1) is 18.4. The number of halogens is 3. The van der Waals surface area contributed by atoms with E-state index in [1.54, 1.807) is 29.0 Å². The van der Waals surface area contributed by atoms with Gasteiger partial charge in [-0.05, 0) is 35.7 Å². The third-order valence-corrected chi connectivity index (χ3v) is 6.48. The van der Waals surface area contributed by atoms with Crippen LogP contribution < -0.4 is 4.74 Å². The number of pyridine rings is 1. The van der Waals surface area contributed by atoms with Gasteiger partial charge in [-0.25, -0.2) is 18.7 Å². The molecule has 0 radical (unpaired) electrons. The number of aromatic nitrogens is 3. The predicted molar refractivity (Wildman–Crippen MR) is 140 cm³/mol. The molecule has 0 aliphatic heterocycles. The summed E-state index contributed by atoms with van der Waals surface area (Å²) in [6.45, 7) is 0.472. The van der Waals surface area contributed by atoms with Crippen molar-refractivity contribution < 1.29 is 23.4 Å². The molecule has 0 saturated carbocycles. The van der Waals surface area contributed by atoms with Crippen molar-refractivity contribution in [3.05, 3.63) is 112 Å². The number of carboxylic acid groups (broad SMARTS) is 1. The fourth-order valence-electron chi connectivity index (χ4n) is 4.17. The zero-order valence-corrected chi connectivity index (χ0v) is 20.8. The van der Waals surface area contributed by atoms with Crippen molar-refractivity contribution in [2.24, 2.45) is 0 Å². The maximum Gasteiger partial charge on any atom is 0.303 e. The Kier molecular flexibility index (Phi) is 7.33. The van der Waals surface area contributed by atoms with E-state index in [1.165, 1.54) is 0 Å². The van der Waals surface area contributed by atoms with Crippen molar-refractivity contribution in [1.82, 2.24) is 14.5 Å². The minimum atomic E-state index is -0.988. The summed E-state index contributed by atoms with van der Waals surface area (Å²) in [5.41, 5.74) is 3.80. The molecular weight excluding hydrogens is 512 g/mol. The number of hydrogen-bond acceptors (Lipinski definition) is 4. The molecule has 5 rings (SSSR count). The number of carbonyl (C=O) groups is 1. The molecule has 9 heteroatoms. The lowest BCUT2D eigenvalue weighted by Crippen LogP contribution is -2.05. The summed E-state index contributed by atoms with van der Waals surface area (Å²) in [4.78, 5) is 19.9. The average molecular weight is 534 g/mol. The highest BCUT2D eigenvalue weighted by Gasteiger charge is 2.20. The van der Waals surface area contributed by atoms with Crippen LogP contribution in [0.4, 0.5) is 8.78 Å². The van der Waals surface area contributed by atoms with Gasteiger partial charge in [-0.3, -0.25) is 4.79 Å². The number of imidazole rings is 1. The standard InChI is InChI=1S/C29H22ClF2N3O3/c30-22-6-2-1-4-20(22)17-38-29-21(5-3-13-33-29)28-34-25-14-23(31)24(32)15-26(25)35(28)16-19-9-7-18(8-10-19)11-12-27(36)37/h1-10,13-15H,11-12,16-17H2,(H,36,37). The van der Waals surface area contributed by atoms with Gasteiger partial charge in [0.2, 0.25) is 5.88 Å². The molecule has 0 amide bonds. The van der Waals surface area contributed by atoms with Gasteiger partial charge in [0.05, 0.1) is 16.6 Å². The number of aryl methyl sites for hydroxylation is 1. The van der Waals surface area contributed by atoms with E-state index in [2.05, 4.69) is 9.97 Å². The van der Waals surface area contributed by atoms with E-state index in [0.717, 1.165) is 28.8 Å². The number of hydrogen-bond donors (Lipinski definition) is 1. The number of nitrogens with zero attached hydrogens (tertiary/aromatic N) is 3. The second-order valence-electron chi connectivity index (χ2n) is 8.72. The minimum Gasteiger partial charge on any atom is -0.481 e. The lowest BCUT2D eigenvalue weighted by atomic mass is 10.1. The summed E-state index contributed by atoms with van der Waals surface area (Å²) in [5.74, 6) is -2.09. The molecular formula is C29H22ClF2N3O3. The highest BCUT2D eigenvalue weighted by Crippen LogP contribution is 2.33. The maximum atomic E-state index is 14.3. The molecule has 192 valence electrons. The highest BCUT2D eigenvalue weighted by molar-refractivity contribution is 6.31. The molecule has 5 aromatic rings. The molecule has 0 aliphatic carbocycles. The molecule has 0 bridgehead atoms. The van der Waals surface area contributed by atoms with E-state index in [4.69, 9.17) is 21.4 Å². The molecule has 0 saturated heterocycles. The Morgan fingerprint density at radius 2 is 1.71 bits per heavy atom. The molecule has 0 fully saturated rings. The summed E-state index contributed by atoms with van der Waals surface area (Å²) in [6.07, 6.45) is 2.05. The molecule has 3 aromatic carbocycles. The molecule has 2 heterocycles. The molecule has 0 unspecified atom stereocenters. The third-order valence-electron chi connectivity index (χ3n) is 6.12. The van der Waals surface area contributed by atoms with Crippen LogP contribution in [0, 0.1) is 11.6 Å². The van der Waals surface area contributed by atoms with Crippen LogP contribution in [0.2, 0.25) is 5.02 Å². The number of ether oxygens (including phenoxy) is 1. The van der Waals surface area contributed by atoms with Crippen molar-refractivity contribution in [2.45, 2.75) is 26.0 Å². The van der Waals surface area contributed by atoms with Crippen LogP contribution in [-0.2, 0) is 24.4 Å². The molecule has 6 nitrogen and oxygen atoms in total. The summed E-state index contributed by atoms with van der Waals surface area (Å²) in [5, 5.41) is 9.50. The predicted octanol–water partition coefficient (Wildman–Crippen LogP) is 6.67. The van der Waals surface area contributed by atoms with E-state index in [1.807, 2.05) is 42.5 Å². The Hall–Kier alpha value is -4.30. The minimum absolute atomic E-state index is 0.0402. The molecule has 0 atom stereocenters. The highest BCUT2D eigenvalue weighted by atomic mass is 35.5. The van der Waals surface area contributed by atoms with Crippen LogP contribution in [0.5, 0.6) is 5.88 Å². The fraction of sp³-hybridized carbons (Fsp3) is 0.138. The zero-order valence-electron chi connectivity index (χ0n) is 20.1. The number of rotatable bonds is 9.